The Balaban J connectivity index is 1.92. The summed E-state index contributed by atoms with van der Waals surface area (Å²) >= 11 is 0. The van der Waals surface area contributed by atoms with Gasteiger partial charge >= 0.3 is 11.6 Å². The maximum absolute atomic E-state index is 12.2. The van der Waals surface area contributed by atoms with E-state index in [1.54, 1.807) is 6.07 Å². The van der Waals surface area contributed by atoms with E-state index in [0.717, 1.165) is 22.1 Å². The van der Waals surface area contributed by atoms with Crippen LogP contribution in [0.15, 0.2) is 45.6 Å². The van der Waals surface area contributed by atoms with Crippen molar-refractivity contribution in [1.29, 1.82) is 0 Å². The van der Waals surface area contributed by atoms with Crippen molar-refractivity contribution in [3.05, 3.63) is 74.6 Å². The monoisotopic (exact) mass is 338 g/mol. The van der Waals surface area contributed by atoms with Crippen LogP contribution < -0.4 is 5.63 Å². The number of aromatic hydroxyl groups is 1. The first-order valence-corrected chi connectivity index (χ1v) is 7.86. The van der Waals surface area contributed by atoms with Gasteiger partial charge < -0.3 is 14.3 Å². The molecule has 3 aromatic rings. The zero-order valence-corrected chi connectivity index (χ0v) is 14.3. The first kappa shape index (κ1) is 16.8. The van der Waals surface area contributed by atoms with Crippen molar-refractivity contribution < 1.29 is 19.1 Å². The molecule has 0 spiro atoms. The maximum Gasteiger partial charge on any atom is 0.342 e. The van der Waals surface area contributed by atoms with E-state index in [1.165, 1.54) is 18.2 Å². The number of ether oxygens (including phenoxy) is 1. The third kappa shape index (κ3) is 3.26. The normalized spacial score (nSPS) is 10.8. The van der Waals surface area contributed by atoms with E-state index in [9.17, 15) is 14.7 Å². The molecule has 25 heavy (non-hydrogen) atoms. The Morgan fingerprint density at radius 2 is 1.88 bits per heavy atom. The van der Waals surface area contributed by atoms with Crippen LogP contribution in [0.5, 0.6) is 5.75 Å². The number of hydrogen-bond donors (Lipinski definition) is 1. The van der Waals surface area contributed by atoms with Crippen LogP contribution in [-0.4, -0.2) is 11.1 Å². The van der Waals surface area contributed by atoms with Crippen LogP contribution in [0.25, 0.3) is 11.0 Å². The quantitative estimate of drug-likeness (QED) is 0.581. The molecule has 0 aliphatic rings. The average Bonchev–Trinajstić information content (AvgIpc) is 2.56. The van der Waals surface area contributed by atoms with Gasteiger partial charge in [-0.05, 0) is 49.6 Å². The first-order valence-electron chi connectivity index (χ1n) is 7.86. The van der Waals surface area contributed by atoms with Crippen molar-refractivity contribution in [3.8, 4) is 5.75 Å². The number of rotatable bonds is 3. The Labute approximate surface area is 144 Å². The van der Waals surface area contributed by atoms with Crippen molar-refractivity contribution in [2.45, 2.75) is 27.4 Å². The maximum atomic E-state index is 12.2. The van der Waals surface area contributed by atoms with Gasteiger partial charge in [-0.1, -0.05) is 18.2 Å². The van der Waals surface area contributed by atoms with Gasteiger partial charge in [0, 0.05) is 17.0 Å². The molecule has 5 heteroatoms. The van der Waals surface area contributed by atoms with Crippen LogP contribution in [0.3, 0.4) is 0 Å². The lowest BCUT2D eigenvalue weighted by Crippen LogP contribution is -2.08. The second kappa shape index (κ2) is 6.43. The highest BCUT2D eigenvalue weighted by Gasteiger charge is 2.15. The minimum atomic E-state index is -0.650. The van der Waals surface area contributed by atoms with Gasteiger partial charge in [0.1, 0.15) is 23.5 Å². The standard InChI is InChI=1S/C20H18O5/c1-11-4-6-16(17(21)8-11)20(23)24-10-14-9-18(22)25-19-13(3)12(2)5-7-15(14)19/h4-9,21H,10H2,1-3H3. The molecule has 0 bridgehead atoms. The molecule has 0 saturated heterocycles. The minimum absolute atomic E-state index is 0.0866. The Hall–Kier alpha value is -3.08. The smallest absolute Gasteiger partial charge is 0.342 e. The summed E-state index contributed by atoms with van der Waals surface area (Å²) in [6.07, 6.45) is 0. The molecule has 2 aromatic carbocycles. The molecule has 1 aromatic heterocycles. The van der Waals surface area contributed by atoms with Crippen LogP contribution in [0.1, 0.15) is 32.6 Å². The van der Waals surface area contributed by atoms with E-state index in [1.807, 2.05) is 32.9 Å². The van der Waals surface area contributed by atoms with Crippen molar-refractivity contribution in [2.75, 3.05) is 0 Å². The second-order valence-electron chi connectivity index (χ2n) is 6.07. The van der Waals surface area contributed by atoms with Crippen molar-refractivity contribution in [3.63, 3.8) is 0 Å². The van der Waals surface area contributed by atoms with E-state index in [0.29, 0.717) is 11.1 Å². The summed E-state index contributed by atoms with van der Waals surface area (Å²) in [5, 5.41) is 10.6. The number of benzene rings is 2. The third-order valence-electron chi connectivity index (χ3n) is 4.25. The molecule has 0 radical (unpaired) electrons. The summed E-state index contributed by atoms with van der Waals surface area (Å²) < 4.78 is 10.6. The van der Waals surface area contributed by atoms with E-state index in [4.69, 9.17) is 9.15 Å². The molecule has 1 heterocycles. The molecule has 0 aliphatic heterocycles. The van der Waals surface area contributed by atoms with Gasteiger partial charge in [-0.25, -0.2) is 9.59 Å². The van der Waals surface area contributed by atoms with E-state index < -0.39 is 11.6 Å². The van der Waals surface area contributed by atoms with Gasteiger partial charge in [0.15, 0.2) is 0 Å². The SMILES string of the molecule is Cc1ccc(C(=O)OCc2cc(=O)oc3c(C)c(C)ccc23)c(O)c1. The molecule has 0 amide bonds. The van der Waals surface area contributed by atoms with Crippen LogP contribution in [0.4, 0.5) is 0 Å². The molecule has 0 atom stereocenters. The predicted molar refractivity (Wildman–Crippen MR) is 93.9 cm³/mol. The van der Waals surface area contributed by atoms with E-state index in [-0.39, 0.29) is 17.9 Å². The summed E-state index contributed by atoms with van der Waals surface area (Å²) in [5.74, 6) is -0.781. The fraction of sp³-hybridized carbons (Fsp3) is 0.200. The highest BCUT2D eigenvalue weighted by atomic mass is 16.5. The summed E-state index contributed by atoms with van der Waals surface area (Å²) in [6, 6.07) is 9.81. The number of fused-ring (bicyclic) bond motifs is 1. The number of esters is 1. The van der Waals surface area contributed by atoms with Crippen molar-refractivity contribution in [2.24, 2.45) is 0 Å². The van der Waals surface area contributed by atoms with Crippen LogP contribution >= 0.6 is 0 Å². The Bertz CT molecular complexity index is 1030. The molecule has 0 aliphatic carbocycles. The lowest BCUT2D eigenvalue weighted by molar-refractivity contribution is 0.0470. The number of hydrogen-bond acceptors (Lipinski definition) is 5. The van der Waals surface area contributed by atoms with Crippen molar-refractivity contribution in [1.82, 2.24) is 0 Å². The Kier molecular flexibility index (Phi) is 4.31. The minimum Gasteiger partial charge on any atom is -0.507 e. The summed E-state index contributed by atoms with van der Waals surface area (Å²) in [5.41, 5.74) is 3.38. The highest BCUT2D eigenvalue weighted by molar-refractivity contribution is 5.92. The van der Waals surface area contributed by atoms with Gasteiger partial charge in [0.25, 0.3) is 0 Å². The van der Waals surface area contributed by atoms with Gasteiger partial charge in [0.2, 0.25) is 0 Å². The van der Waals surface area contributed by atoms with Crippen molar-refractivity contribution >= 4 is 16.9 Å². The lowest BCUT2D eigenvalue weighted by atomic mass is 10.0. The molecule has 5 nitrogen and oxygen atoms in total. The summed E-state index contributed by atoms with van der Waals surface area (Å²) in [6.45, 7) is 5.54. The molecule has 0 unspecified atom stereocenters. The molecule has 0 saturated carbocycles. The zero-order chi connectivity index (χ0) is 18.1. The Morgan fingerprint density at radius 1 is 1.12 bits per heavy atom. The molecule has 3 rings (SSSR count). The molecular formula is C20H18O5. The van der Waals surface area contributed by atoms with Crippen LogP contribution in [0.2, 0.25) is 0 Å². The summed E-state index contributed by atoms with van der Waals surface area (Å²) in [7, 11) is 0. The molecule has 0 fully saturated rings. The number of carbonyl (C=O) groups excluding carboxylic acids is 1. The van der Waals surface area contributed by atoms with Gasteiger partial charge in [-0.2, -0.15) is 0 Å². The third-order valence-corrected chi connectivity index (χ3v) is 4.25. The van der Waals surface area contributed by atoms with Gasteiger partial charge in [-0.3, -0.25) is 0 Å². The largest absolute Gasteiger partial charge is 0.507 e. The fourth-order valence-corrected chi connectivity index (χ4v) is 2.68. The topological polar surface area (TPSA) is 76.7 Å². The van der Waals surface area contributed by atoms with E-state index in [2.05, 4.69) is 0 Å². The highest BCUT2D eigenvalue weighted by Crippen LogP contribution is 2.25. The second-order valence-corrected chi connectivity index (χ2v) is 6.07. The molecular weight excluding hydrogens is 320 g/mol. The average molecular weight is 338 g/mol. The number of phenolic OH excluding ortho intramolecular Hbond substituents is 1. The summed E-state index contributed by atoms with van der Waals surface area (Å²) in [4.78, 5) is 24.0. The predicted octanol–water partition coefficient (Wildman–Crippen LogP) is 3.78. The molecule has 128 valence electrons. The molecule has 1 N–H and O–H groups in total. The van der Waals surface area contributed by atoms with E-state index >= 15 is 0 Å². The number of carbonyl (C=O) groups is 1. The number of phenols is 1. The number of aryl methyl sites for hydroxylation is 3. The lowest BCUT2D eigenvalue weighted by Gasteiger charge is -2.10. The first-order chi connectivity index (χ1) is 11.9. The van der Waals surface area contributed by atoms with Gasteiger partial charge in [0.05, 0.1) is 0 Å². The van der Waals surface area contributed by atoms with Crippen LogP contribution in [0, 0.1) is 20.8 Å². The zero-order valence-electron chi connectivity index (χ0n) is 14.3. The Morgan fingerprint density at radius 3 is 2.60 bits per heavy atom. The van der Waals surface area contributed by atoms with Gasteiger partial charge in [-0.15, -0.1) is 0 Å². The fourth-order valence-electron chi connectivity index (χ4n) is 2.68. The van der Waals surface area contributed by atoms with Crippen LogP contribution in [-0.2, 0) is 11.3 Å².